The summed E-state index contributed by atoms with van der Waals surface area (Å²) in [5.74, 6) is -6.05. The van der Waals surface area contributed by atoms with Crippen LogP contribution in [0.4, 0.5) is 23.2 Å². The lowest BCUT2D eigenvalue weighted by Gasteiger charge is -2.38. The van der Waals surface area contributed by atoms with E-state index < -0.39 is 29.2 Å². The molecule has 0 unspecified atom stereocenters. The van der Waals surface area contributed by atoms with Gasteiger partial charge < -0.3 is 4.90 Å². The molecule has 18 heavy (non-hydrogen) atoms. The van der Waals surface area contributed by atoms with Crippen LogP contribution in [0.2, 0.25) is 0 Å². The molecule has 1 saturated heterocycles. The van der Waals surface area contributed by atoms with Crippen LogP contribution in [0.5, 0.6) is 0 Å². The first-order valence-electron chi connectivity index (χ1n) is 5.77. The molecule has 0 bridgehead atoms. The highest BCUT2D eigenvalue weighted by Gasteiger charge is 2.31. The van der Waals surface area contributed by atoms with E-state index in [0.29, 0.717) is 25.9 Å². The van der Waals surface area contributed by atoms with Crippen LogP contribution in [0.15, 0.2) is 0 Å². The number of anilines is 1. The van der Waals surface area contributed by atoms with Crippen LogP contribution in [-0.2, 0) is 0 Å². The molecule has 1 aromatic rings. The first kappa shape index (κ1) is 13.1. The van der Waals surface area contributed by atoms with Gasteiger partial charge in [0.2, 0.25) is 11.6 Å². The van der Waals surface area contributed by atoms with Crippen LogP contribution in [0.25, 0.3) is 0 Å². The van der Waals surface area contributed by atoms with Gasteiger partial charge in [-0.15, -0.1) is 0 Å². The largest absolute Gasteiger partial charge is 0.366 e. The lowest BCUT2D eigenvalue weighted by atomic mass is 9.82. The Labute approximate surface area is 103 Å². The zero-order valence-corrected chi connectivity index (χ0v) is 10.2. The van der Waals surface area contributed by atoms with Crippen molar-refractivity contribution in [2.75, 3.05) is 18.0 Å². The molecule has 0 saturated carbocycles. The summed E-state index contributed by atoms with van der Waals surface area (Å²) in [7, 11) is 0. The third kappa shape index (κ3) is 2.28. The molecule has 0 aliphatic carbocycles. The van der Waals surface area contributed by atoms with Crippen molar-refractivity contribution in [2.45, 2.75) is 26.7 Å². The van der Waals surface area contributed by atoms with E-state index in [1.54, 1.807) is 0 Å². The molecule has 2 rings (SSSR count). The fourth-order valence-electron chi connectivity index (χ4n) is 2.09. The van der Waals surface area contributed by atoms with Crippen molar-refractivity contribution < 1.29 is 17.6 Å². The summed E-state index contributed by atoms with van der Waals surface area (Å²) in [6.45, 7) is 4.82. The van der Waals surface area contributed by atoms with E-state index in [2.05, 4.69) is 4.98 Å². The van der Waals surface area contributed by atoms with Crippen LogP contribution in [0.3, 0.4) is 0 Å². The Balaban J connectivity index is 2.35. The van der Waals surface area contributed by atoms with Gasteiger partial charge in [0.25, 0.3) is 11.9 Å². The zero-order valence-electron chi connectivity index (χ0n) is 10.2. The quantitative estimate of drug-likeness (QED) is 0.570. The third-order valence-electron chi connectivity index (χ3n) is 3.41. The van der Waals surface area contributed by atoms with Gasteiger partial charge >= 0.3 is 0 Å². The Morgan fingerprint density at radius 2 is 1.39 bits per heavy atom. The maximum atomic E-state index is 13.5. The SMILES string of the molecule is CC1(C)CCN(c2c(F)c(F)nc(F)c2F)CC1. The van der Waals surface area contributed by atoms with E-state index in [-0.39, 0.29) is 5.41 Å². The second kappa shape index (κ2) is 4.40. The van der Waals surface area contributed by atoms with Crippen LogP contribution in [-0.4, -0.2) is 18.1 Å². The molecule has 1 aliphatic heterocycles. The Morgan fingerprint density at radius 1 is 0.944 bits per heavy atom. The average molecular weight is 262 g/mol. The molecular formula is C12H14F4N2. The fraction of sp³-hybridized carbons (Fsp3) is 0.583. The van der Waals surface area contributed by atoms with Crippen LogP contribution in [0.1, 0.15) is 26.7 Å². The molecule has 6 heteroatoms. The number of piperidine rings is 1. The summed E-state index contributed by atoms with van der Waals surface area (Å²) in [5.41, 5.74) is -0.566. The Bertz CT molecular complexity index is 437. The highest BCUT2D eigenvalue weighted by Crippen LogP contribution is 2.34. The summed E-state index contributed by atoms with van der Waals surface area (Å²) in [6, 6.07) is 0. The minimum absolute atomic E-state index is 0.0770. The maximum absolute atomic E-state index is 13.5. The van der Waals surface area contributed by atoms with Gasteiger partial charge in [0.05, 0.1) is 0 Å². The normalized spacial score (nSPS) is 19.1. The van der Waals surface area contributed by atoms with Crippen molar-refractivity contribution in [3.63, 3.8) is 0 Å². The molecule has 2 heterocycles. The number of halogens is 4. The number of nitrogens with zero attached hydrogens (tertiary/aromatic N) is 2. The van der Waals surface area contributed by atoms with E-state index in [9.17, 15) is 17.6 Å². The number of pyridine rings is 1. The van der Waals surface area contributed by atoms with Gasteiger partial charge in [-0.25, -0.2) is 0 Å². The highest BCUT2D eigenvalue weighted by atomic mass is 19.2. The Hall–Kier alpha value is -1.33. The molecule has 0 radical (unpaired) electrons. The summed E-state index contributed by atoms with van der Waals surface area (Å²) in [6.07, 6.45) is 1.41. The number of hydrogen-bond donors (Lipinski definition) is 0. The highest BCUT2D eigenvalue weighted by molar-refractivity contribution is 5.48. The first-order valence-corrected chi connectivity index (χ1v) is 5.77. The van der Waals surface area contributed by atoms with E-state index in [1.165, 1.54) is 4.90 Å². The van der Waals surface area contributed by atoms with E-state index in [1.807, 2.05) is 13.8 Å². The summed E-state index contributed by atoms with van der Waals surface area (Å²) < 4.78 is 53.1. The molecule has 1 fully saturated rings. The number of rotatable bonds is 1. The van der Waals surface area contributed by atoms with Gasteiger partial charge in [-0.2, -0.15) is 22.5 Å². The Morgan fingerprint density at radius 3 is 1.83 bits per heavy atom. The van der Waals surface area contributed by atoms with Crippen molar-refractivity contribution in [3.05, 3.63) is 23.5 Å². The first-order chi connectivity index (χ1) is 8.32. The van der Waals surface area contributed by atoms with Crippen molar-refractivity contribution >= 4 is 5.69 Å². The van der Waals surface area contributed by atoms with Gasteiger partial charge in [-0.1, -0.05) is 13.8 Å². The van der Waals surface area contributed by atoms with Crippen LogP contribution < -0.4 is 4.90 Å². The van der Waals surface area contributed by atoms with Crippen LogP contribution in [0, 0.1) is 28.9 Å². The van der Waals surface area contributed by atoms with Crippen molar-refractivity contribution in [3.8, 4) is 0 Å². The molecule has 0 atom stereocenters. The molecule has 100 valence electrons. The van der Waals surface area contributed by atoms with Crippen LogP contribution >= 0.6 is 0 Å². The molecular weight excluding hydrogens is 248 g/mol. The van der Waals surface area contributed by atoms with Gasteiger partial charge in [-0.3, -0.25) is 0 Å². The molecule has 0 N–H and O–H groups in total. The monoisotopic (exact) mass is 262 g/mol. The fourth-order valence-corrected chi connectivity index (χ4v) is 2.09. The smallest absolute Gasteiger partial charge is 0.253 e. The predicted molar refractivity (Wildman–Crippen MR) is 59.3 cm³/mol. The molecule has 1 aromatic heterocycles. The van der Waals surface area contributed by atoms with Crippen molar-refractivity contribution in [2.24, 2.45) is 5.41 Å². The summed E-state index contributed by atoms with van der Waals surface area (Å²) >= 11 is 0. The summed E-state index contributed by atoms with van der Waals surface area (Å²) in [4.78, 5) is 3.88. The average Bonchev–Trinajstić information content (AvgIpc) is 2.29. The summed E-state index contributed by atoms with van der Waals surface area (Å²) in [5, 5.41) is 0. The predicted octanol–water partition coefficient (Wildman–Crippen LogP) is 3.26. The second-order valence-electron chi connectivity index (χ2n) is 5.32. The van der Waals surface area contributed by atoms with E-state index in [0.717, 1.165) is 0 Å². The minimum Gasteiger partial charge on any atom is -0.366 e. The molecule has 0 aromatic carbocycles. The molecule has 0 amide bonds. The van der Waals surface area contributed by atoms with Gasteiger partial charge in [-0.05, 0) is 18.3 Å². The number of hydrogen-bond acceptors (Lipinski definition) is 2. The minimum atomic E-state index is -1.60. The second-order valence-corrected chi connectivity index (χ2v) is 5.32. The van der Waals surface area contributed by atoms with Crippen molar-refractivity contribution in [1.29, 1.82) is 0 Å². The topological polar surface area (TPSA) is 16.1 Å². The Kier molecular flexibility index (Phi) is 3.21. The maximum Gasteiger partial charge on any atom is 0.253 e. The molecule has 0 spiro atoms. The van der Waals surface area contributed by atoms with E-state index in [4.69, 9.17) is 0 Å². The number of aromatic nitrogens is 1. The molecule has 2 nitrogen and oxygen atoms in total. The molecule has 1 aliphatic rings. The zero-order chi connectivity index (χ0) is 13.5. The standard InChI is InChI=1S/C12H14F4N2/c1-12(2)3-5-18(6-4-12)9-7(13)10(15)17-11(16)8(9)14/h3-6H2,1-2H3. The van der Waals surface area contributed by atoms with Gasteiger partial charge in [0, 0.05) is 13.1 Å². The third-order valence-corrected chi connectivity index (χ3v) is 3.41. The lowest BCUT2D eigenvalue weighted by Crippen LogP contribution is -2.38. The lowest BCUT2D eigenvalue weighted by molar-refractivity contribution is 0.276. The van der Waals surface area contributed by atoms with Gasteiger partial charge in [0.15, 0.2) is 0 Å². The van der Waals surface area contributed by atoms with E-state index >= 15 is 0 Å². The van der Waals surface area contributed by atoms with Crippen molar-refractivity contribution in [1.82, 2.24) is 4.98 Å². The van der Waals surface area contributed by atoms with Gasteiger partial charge in [0.1, 0.15) is 5.69 Å².